The van der Waals surface area contributed by atoms with Crippen molar-refractivity contribution in [3.63, 3.8) is 0 Å². The first-order valence-electron chi connectivity index (χ1n) is 10.2. The summed E-state index contributed by atoms with van der Waals surface area (Å²) in [5.41, 5.74) is 2.40. The van der Waals surface area contributed by atoms with Gasteiger partial charge in [-0.15, -0.1) is 0 Å². The molecule has 4 unspecified atom stereocenters. The maximum absolute atomic E-state index is 2.83. The van der Waals surface area contributed by atoms with Gasteiger partial charge in [0.2, 0.25) is 0 Å². The largest absolute Gasteiger partial charge is 0.0689 e. The van der Waals surface area contributed by atoms with Crippen molar-refractivity contribution in [2.24, 2.45) is 23.7 Å². The highest BCUT2D eigenvalue weighted by Gasteiger charge is 2.53. The molecule has 4 fully saturated rings. The van der Waals surface area contributed by atoms with Gasteiger partial charge in [0.25, 0.3) is 0 Å². The minimum absolute atomic E-state index is 1.05. The van der Waals surface area contributed by atoms with E-state index in [1.807, 2.05) is 0 Å². The van der Waals surface area contributed by atoms with Crippen molar-refractivity contribution in [3.8, 4) is 0 Å². The molecule has 0 spiro atoms. The van der Waals surface area contributed by atoms with Gasteiger partial charge in [-0.2, -0.15) is 0 Å². The first kappa shape index (κ1) is 14.8. The zero-order chi connectivity index (χ0) is 14.4. The summed E-state index contributed by atoms with van der Waals surface area (Å²) in [6, 6.07) is 0. The van der Waals surface area contributed by atoms with Crippen molar-refractivity contribution in [2.45, 2.75) is 101 Å². The van der Waals surface area contributed by atoms with E-state index in [0.29, 0.717) is 0 Å². The molecule has 1 heteroatoms. The Balaban J connectivity index is 1.52. The number of hydrogen-bond donors (Lipinski definition) is 0. The molecule has 0 aromatic heterocycles. The molecule has 21 heavy (non-hydrogen) atoms. The molecule has 0 heterocycles. The lowest BCUT2D eigenvalue weighted by atomic mass is 9.81. The fourth-order valence-corrected chi connectivity index (χ4v) is 13.0. The van der Waals surface area contributed by atoms with E-state index in [-0.39, 0.29) is 0 Å². The van der Waals surface area contributed by atoms with E-state index in [1.165, 1.54) is 22.9 Å². The molecule has 0 radical (unpaired) electrons. The third-order valence-electron chi connectivity index (χ3n) is 8.58. The van der Waals surface area contributed by atoms with E-state index >= 15 is 0 Å². The second-order valence-corrected chi connectivity index (χ2v) is 14.7. The standard InChI is InChI=1S/C20H36Si/c1-21(2,19-13-11-15-7-3-5-9-17(15)19)20-14-12-16-8-4-6-10-18(16)20/h15-20H,3-14H2,1-2H3/t15?,16?,17-,18?,19-,20?/m0/s1. The molecule has 0 aromatic rings. The molecule has 0 saturated heterocycles. The molecule has 4 saturated carbocycles. The van der Waals surface area contributed by atoms with Crippen LogP contribution in [0.5, 0.6) is 0 Å². The van der Waals surface area contributed by atoms with E-state index in [9.17, 15) is 0 Å². The van der Waals surface area contributed by atoms with Gasteiger partial charge in [0.05, 0.1) is 8.07 Å². The highest BCUT2D eigenvalue weighted by atomic mass is 28.3. The molecule has 0 N–H and O–H groups in total. The predicted octanol–water partition coefficient (Wildman–Crippen LogP) is 6.64. The quantitative estimate of drug-likeness (QED) is 0.502. The van der Waals surface area contributed by atoms with E-state index in [1.54, 1.807) is 77.0 Å². The van der Waals surface area contributed by atoms with E-state index in [0.717, 1.165) is 11.8 Å². The molecule has 0 amide bonds. The van der Waals surface area contributed by atoms with Gasteiger partial charge >= 0.3 is 0 Å². The molecule has 0 aliphatic heterocycles. The van der Waals surface area contributed by atoms with Crippen LogP contribution in [-0.4, -0.2) is 8.07 Å². The molecule has 120 valence electrons. The fraction of sp³-hybridized carbons (Fsp3) is 1.00. The monoisotopic (exact) mass is 304 g/mol. The van der Waals surface area contributed by atoms with E-state index < -0.39 is 8.07 Å². The normalized spacial score (nSPS) is 47.1. The Bertz CT molecular complexity index is 340. The summed E-state index contributed by atoms with van der Waals surface area (Å²) in [6.07, 6.45) is 19.0. The van der Waals surface area contributed by atoms with Crippen molar-refractivity contribution in [1.82, 2.24) is 0 Å². The van der Waals surface area contributed by atoms with Crippen LogP contribution in [0.4, 0.5) is 0 Å². The number of hydrogen-bond acceptors (Lipinski definition) is 0. The van der Waals surface area contributed by atoms with Crippen LogP contribution in [0.15, 0.2) is 0 Å². The van der Waals surface area contributed by atoms with Gasteiger partial charge in [-0.05, 0) is 34.8 Å². The van der Waals surface area contributed by atoms with Crippen LogP contribution in [0, 0.1) is 23.7 Å². The maximum Gasteiger partial charge on any atom is 0.0541 e. The van der Waals surface area contributed by atoms with Crippen molar-refractivity contribution in [2.75, 3.05) is 0 Å². The smallest absolute Gasteiger partial charge is 0.0541 e. The second-order valence-electron chi connectivity index (χ2n) is 9.61. The number of fused-ring (bicyclic) bond motifs is 2. The van der Waals surface area contributed by atoms with Crippen LogP contribution in [0.3, 0.4) is 0 Å². The summed E-state index contributed by atoms with van der Waals surface area (Å²) in [4.78, 5) is 0. The van der Waals surface area contributed by atoms with E-state index in [2.05, 4.69) is 13.1 Å². The summed E-state index contributed by atoms with van der Waals surface area (Å²) < 4.78 is 0. The Kier molecular flexibility index (Phi) is 4.01. The first-order chi connectivity index (χ1) is 10.2. The molecule has 0 bridgehead atoms. The molecular formula is C20H36Si. The lowest BCUT2D eigenvalue weighted by molar-refractivity contribution is 0.263. The lowest BCUT2D eigenvalue weighted by Crippen LogP contribution is -2.43. The van der Waals surface area contributed by atoms with Crippen LogP contribution in [-0.2, 0) is 0 Å². The zero-order valence-electron chi connectivity index (χ0n) is 14.4. The topological polar surface area (TPSA) is 0 Å². The van der Waals surface area contributed by atoms with Crippen LogP contribution >= 0.6 is 0 Å². The van der Waals surface area contributed by atoms with Crippen molar-refractivity contribution in [3.05, 3.63) is 0 Å². The van der Waals surface area contributed by atoms with E-state index in [4.69, 9.17) is 0 Å². The lowest BCUT2D eigenvalue weighted by Gasteiger charge is -2.45. The third-order valence-corrected chi connectivity index (χ3v) is 13.8. The average Bonchev–Trinajstić information content (AvgIpc) is 3.12. The molecule has 4 aliphatic rings. The summed E-state index contributed by atoms with van der Waals surface area (Å²) >= 11 is 0. The predicted molar refractivity (Wildman–Crippen MR) is 94.3 cm³/mol. The SMILES string of the molecule is C[Si](C)(C1CCC2CCCCC21)[C@H]1CCC2CCCC[C@@H]21. The third kappa shape index (κ3) is 2.46. The number of rotatable bonds is 2. The summed E-state index contributed by atoms with van der Waals surface area (Å²) in [6.45, 7) is 5.66. The van der Waals surface area contributed by atoms with Crippen molar-refractivity contribution >= 4 is 8.07 Å². The van der Waals surface area contributed by atoms with Crippen LogP contribution in [0.2, 0.25) is 24.2 Å². The van der Waals surface area contributed by atoms with Gasteiger partial charge < -0.3 is 0 Å². The highest BCUT2D eigenvalue weighted by molar-refractivity contribution is 6.80. The minimum atomic E-state index is -1.05. The first-order valence-corrected chi connectivity index (χ1v) is 13.3. The second kappa shape index (κ2) is 5.69. The summed E-state index contributed by atoms with van der Waals surface area (Å²) in [5, 5.41) is 0. The highest BCUT2D eigenvalue weighted by Crippen LogP contribution is 2.61. The summed E-state index contributed by atoms with van der Waals surface area (Å²) in [7, 11) is -1.05. The van der Waals surface area contributed by atoms with Crippen molar-refractivity contribution in [1.29, 1.82) is 0 Å². The van der Waals surface area contributed by atoms with Crippen LogP contribution in [0.1, 0.15) is 77.0 Å². The summed E-state index contributed by atoms with van der Waals surface area (Å²) in [5.74, 6) is 4.64. The molecule has 0 nitrogen and oxygen atoms in total. The molecule has 6 atom stereocenters. The average molecular weight is 305 g/mol. The Morgan fingerprint density at radius 3 is 1.43 bits per heavy atom. The fourth-order valence-electron chi connectivity index (χ4n) is 7.59. The van der Waals surface area contributed by atoms with Crippen molar-refractivity contribution < 1.29 is 0 Å². The Morgan fingerprint density at radius 1 is 0.524 bits per heavy atom. The molecular weight excluding hydrogens is 268 g/mol. The Morgan fingerprint density at radius 2 is 0.952 bits per heavy atom. The molecule has 0 aromatic carbocycles. The van der Waals surface area contributed by atoms with Crippen LogP contribution < -0.4 is 0 Å². The minimum Gasteiger partial charge on any atom is -0.0689 e. The molecule has 4 aliphatic carbocycles. The van der Waals surface area contributed by atoms with Gasteiger partial charge in [-0.25, -0.2) is 0 Å². The Hall–Kier alpha value is 0.217. The van der Waals surface area contributed by atoms with Gasteiger partial charge in [-0.1, -0.05) is 90.1 Å². The van der Waals surface area contributed by atoms with Gasteiger partial charge in [0.15, 0.2) is 0 Å². The van der Waals surface area contributed by atoms with Gasteiger partial charge in [0, 0.05) is 0 Å². The maximum atomic E-state index is 2.83. The Labute approximate surface area is 133 Å². The molecule has 4 rings (SSSR count). The van der Waals surface area contributed by atoms with Gasteiger partial charge in [-0.3, -0.25) is 0 Å². The van der Waals surface area contributed by atoms with Crippen LogP contribution in [0.25, 0.3) is 0 Å². The van der Waals surface area contributed by atoms with Gasteiger partial charge in [0.1, 0.15) is 0 Å². The zero-order valence-corrected chi connectivity index (χ0v) is 15.4.